The number of hydrogen-bond acceptors (Lipinski definition) is 4. The highest BCUT2D eigenvalue weighted by atomic mass is 16.5. The highest BCUT2D eigenvalue weighted by molar-refractivity contribution is 6.09. The van der Waals surface area contributed by atoms with Crippen molar-refractivity contribution < 1.29 is 19.1 Å². The maximum Gasteiger partial charge on any atom is 0.325 e. The number of methoxy groups -OCH3 is 1. The second-order valence-electron chi connectivity index (χ2n) is 7.01. The first-order valence-corrected chi connectivity index (χ1v) is 9.54. The van der Waals surface area contributed by atoms with Crippen molar-refractivity contribution in [2.75, 3.05) is 13.7 Å². The largest absolute Gasteiger partial charge is 0.497 e. The minimum absolute atomic E-state index is 0.234. The number of carbonyl (C=O) groups is 3. The van der Waals surface area contributed by atoms with E-state index in [1.807, 2.05) is 44.2 Å². The van der Waals surface area contributed by atoms with Crippen molar-refractivity contribution in [2.24, 2.45) is 0 Å². The molecule has 1 heterocycles. The third-order valence-corrected chi connectivity index (χ3v) is 5.27. The standard InChI is InChI=1S/C22H25N3O4/c1-4-22(17-10-12-18(29-3)13-11-17)20(27)25(21(28)24-22)14-19(26)23-15(2)16-8-6-5-7-9-16/h5-13,15H,4,14H2,1-3H3,(H,23,26)(H,24,28)/t15-,22+/m1/s1. The van der Waals surface area contributed by atoms with E-state index in [4.69, 9.17) is 4.74 Å². The summed E-state index contributed by atoms with van der Waals surface area (Å²) >= 11 is 0. The van der Waals surface area contributed by atoms with Gasteiger partial charge in [0.15, 0.2) is 0 Å². The minimum atomic E-state index is -1.19. The van der Waals surface area contributed by atoms with Crippen LogP contribution in [0.15, 0.2) is 54.6 Å². The van der Waals surface area contributed by atoms with Crippen LogP contribution in [0.5, 0.6) is 5.75 Å². The van der Waals surface area contributed by atoms with Gasteiger partial charge in [-0.1, -0.05) is 49.4 Å². The van der Waals surface area contributed by atoms with Crippen LogP contribution in [-0.4, -0.2) is 36.4 Å². The van der Waals surface area contributed by atoms with Crippen LogP contribution < -0.4 is 15.4 Å². The number of hydrogen-bond donors (Lipinski definition) is 2. The molecule has 0 aromatic heterocycles. The molecule has 0 bridgehead atoms. The van der Waals surface area contributed by atoms with Crippen molar-refractivity contribution in [1.29, 1.82) is 0 Å². The van der Waals surface area contributed by atoms with Crippen LogP contribution in [0.4, 0.5) is 4.79 Å². The SMILES string of the molecule is CC[C@@]1(c2ccc(OC)cc2)NC(=O)N(CC(=O)N[C@H](C)c2ccccc2)C1=O. The van der Waals surface area contributed by atoms with Crippen molar-refractivity contribution in [2.45, 2.75) is 31.8 Å². The van der Waals surface area contributed by atoms with Crippen LogP contribution >= 0.6 is 0 Å². The predicted molar refractivity (Wildman–Crippen MR) is 108 cm³/mol. The van der Waals surface area contributed by atoms with Gasteiger partial charge in [-0.3, -0.25) is 14.5 Å². The Morgan fingerprint density at radius 2 is 1.79 bits per heavy atom. The van der Waals surface area contributed by atoms with E-state index in [0.717, 1.165) is 10.5 Å². The molecule has 2 N–H and O–H groups in total. The molecule has 0 spiro atoms. The third kappa shape index (κ3) is 3.94. The van der Waals surface area contributed by atoms with Gasteiger partial charge in [0, 0.05) is 0 Å². The molecule has 2 aromatic carbocycles. The molecule has 4 amide bonds. The number of imide groups is 1. The number of amides is 4. The Labute approximate surface area is 170 Å². The zero-order valence-electron chi connectivity index (χ0n) is 16.8. The average Bonchev–Trinajstić information content (AvgIpc) is 2.99. The molecule has 2 aromatic rings. The number of benzene rings is 2. The molecule has 152 valence electrons. The summed E-state index contributed by atoms with van der Waals surface area (Å²) in [6.45, 7) is 3.34. The normalized spacial score (nSPS) is 19.6. The smallest absolute Gasteiger partial charge is 0.325 e. The molecule has 0 radical (unpaired) electrons. The molecular formula is C22H25N3O4. The maximum absolute atomic E-state index is 13.1. The van der Waals surface area contributed by atoms with E-state index >= 15 is 0 Å². The van der Waals surface area contributed by atoms with Gasteiger partial charge < -0.3 is 15.4 Å². The van der Waals surface area contributed by atoms with Crippen molar-refractivity contribution in [1.82, 2.24) is 15.5 Å². The van der Waals surface area contributed by atoms with Gasteiger partial charge in [0.05, 0.1) is 13.2 Å². The van der Waals surface area contributed by atoms with Crippen LogP contribution in [0.3, 0.4) is 0 Å². The fourth-order valence-electron chi connectivity index (χ4n) is 3.54. The monoisotopic (exact) mass is 395 g/mol. The lowest BCUT2D eigenvalue weighted by molar-refractivity contribution is -0.135. The van der Waals surface area contributed by atoms with E-state index in [-0.39, 0.29) is 12.6 Å². The van der Waals surface area contributed by atoms with Crippen molar-refractivity contribution in [3.63, 3.8) is 0 Å². The summed E-state index contributed by atoms with van der Waals surface area (Å²) < 4.78 is 5.16. The second kappa shape index (κ2) is 8.34. The summed E-state index contributed by atoms with van der Waals surface area (Å²) in [6.07, 6.45) is 0.364. The van der Waals surface area contributed by atoms with Crippen LogP contribution in [0.1, 0.15) is 37.4 Å². The zero-order valence-corrected chi connectivity index (χ0v) is 16.8. The Morgan fingerprint density at radius 1 is 1.14 bits per heavy atom. The summed E-state index contributed by atoms with van der Waals surface area (Å²) in [4.78, 5) is 39.1. The lowest BCUT2D eigenvalue weighted by Gasteiger charge is -2.26. The third-order valence-electron chi connectivity index (χ3n) is 5.27. The maximum atomic E-state index is 13.1. The summed E-state index contributed by atoms with van der Waals surface area (Å²) in [5.74, 6) is -0.174. The summed E-state index contributed by atoms with van der Waals surface area (Å²) in [5, 5.41) is 5.61. The van der Waals surface area contributed by atoms with Gasteiger partial charge in [0.2, 0.25) is 5.91 Å². The van der Waals surface area contributed by atoms with Crippen molar-refractivity contribution in [3.8, 4) is 5.75 Å². The molecule has 0 aliphatic carbocycles. The molecule has 7 heteroatoms. The van der Waals surface area contributed by atoms with E-state index in [0.29, 0.717) is 17.7 Å². The minimum Gasteiger partial charge on any atom is -0.497 e. The molecule has 29 heavy (non-hydrogen) atoms. The van der Waals surface area contributed by atoms with Gasteiger partial charge >= 0.3 is 6.03 Å². The van der Waals surface area contributed by atoms with Crippen LogP contribution in [0.25, 0.3) is 0 Å². The van der Waals surface area contributed by atoms with E-state index < -0.39 is 23.4 Å². The molecule has 1 aliphatic heterocycles. The number of ether oxygens (including phenoxy) is 1. The Morgan fingerprint density at radius 3 is 2.38 bits per heavy atom. The van der Waals surface area contributed by atoms with Gasteiger partial charge in [-0.05, 0) is 36.6 Å². The summed E-state index contributed by atoms with van der Waals surface area (Å²) in [7, 11) is 1.56. The van der Waals surface area contributed by atoms with Crippen molar-refractivity contribution >= 4 is 17.8 Å². The van der Waals surface area contributed by atoms with Gasteiger partial charge in [0.25, 0.3) is 5.91 Å². The fraction of sp³-hybridized carbons (Fsp3) is 0.318. The van der Waals surface area contributed by atoms with Gasteiger partial charge in [-0.2, -0.15) is 0 Å². The van der Waals surface area contributed by atoms with Crippen molar-refractivity contribution in [3.05, 3.63) is 65.7 Å². The van der Waals surface area contributed by atoms with E-state index in [1.54, 1.807) is 31.4 Å². The Bertz CT molecular complexity index is 898. The molecule has 0 unspecified atom stereocenters. The van der Waals surface area contributed by atoms with E-state index in [1.165, 1.54) is 0 Å². The molecule has 1 fully saturated rings. The second-order valence-corrected chi connectivity index (χ2v) is 7.01. The van der Waals surface area contributed by atoms with E-state index in [2.05, 4.69) is 10.6 Å². The number of nitrogens with zero attached hydrogens (tertiary/aromatic N) is 1. The first-order valence-electron chi connectivity index (χ1n) is 9.54. The van der Waals surface area contributed by atoms with Crippen LogP contribution in [0.2, 0.25) is 0 Å². The molecule has 1 saturated heterocycles. The molecular weight excluding hydrogens is 370 g/mol. The number of carbonyl (C=O) groups excluding carboxylic acids is 3. The topological polar surface area (TPSA) is 87.7 Å². The zero-order chi connectivity index (χ0) is 21.0. The molecule has 2 atom stereocenters. The predicted octanol–water partition coefficient (Wildman–Crippen LogP) is 2.73. The van der Waals surface area contributed by atoms with Gasteiger partial charge in [-0.15, -0.1) is 0 Å². The lowest BCUT2D eigenvalue weighted by Crippen LogP contribution is -2.45. The lowest BCUT2D eigenvalue weighted by atomic mass is 9.87. The first kappa shape index (κ1) is 20.4. The Balaban J connectivity index is 1.74. The average molecular weight is 395 g/mol. The van der Waals surface area contributed by atoms with Crippen LogP contribution in [0, 0.1) is 0 Å². The van der Waals surface area contributed by atoms with Gasteiger partial charge in [-0.25, -0.2) is 4.79 Å². The van der Waals surface area contributed by atoms with Crippen LogP contribution in [-0.2, 0) is 15.1 Å². The molecule has 0 saturated carbocycles. The first-order chi connectivity index (χ1) is 13.9. The van der Waals surface area contributed by atoms with Gasteiger partial charge in [0.1, 0.15) is 17.8 Å². The molecule has 1 aliphatic rings. The van der Waals surface area contributed by atoms with E-state index in [9.17, 15) is 14.4 Å². The molecule has 7 nitrogen and oxygen atoms in total. The quantitative estimate of drug-likeness (QED) is 0.706. The number of nitrogens with one attached hydrogen (secondary N) is 2. The number of urea groups is 1. The fourth-order valence-corrected chi connectivity index (χ4v) is 3.54. The summed E-state index contributed by atoms with van der Waals surface area (Å²) in [5.41, 5.74) is 0.410. The number of rotatable bonds is 7. The molecule has 3 rings (SSSR count). The Hall–Kier alpha value is -3.35. The summed E-state index contributed by atoms with van der Waals surface area (Å²) in [6, 6.07) is 15.7. The highest BCUT2D eigenvalue weighted by Crippen LogP contribution is 2.33. The highest BCUT2D eigenvalue weighted by Gasteiger charge is 2.51. The Kier molecular flexibility index (Phi) is 5.87.